The average molecular weight is 280 g/mol. The maximum atomic E-state index is 3.56. The molecule has 0 spiro atoms. The van der Waals surface area contributed by atoms with Crippen LogP contribution < -0.4 is 5.32 Å². The van der Waals surface area contributed by atoms with Crippen LogP contribution in [0.3, 0.4) is 0 Å². The Morgan fingerprint density at radius 2 is 1.71 bits per heavy atom. The summed E-state index contributed by atoms with van der Waals surface area (Å²) in [7, 11) is 0. The van der Waals surface area contributed by atoms with Crippen LogP contribution in [0.25, 0.3) is 11.1 Å². The van der Waals surface area contributed by atoms with Crippen molar-refractivity contribution in [3.8, 4) is 11.1 Å². The van der Waals surface area contributed by atoms with Gasteiger partial charge in [-0.3, -0.25) is 0 Å². The molecule has 0 aliphatic heterocycles. The lowest BCUT2D eigenvalue weighted by Crippen LogP contribution is -2.28. The number of nitrogens with zero attached hydrogens (tertiary/aromatic N) is 1. The lowest BCUT2D eigenvalue weighted by molar-refractivity contribution is 0.316. The Morgan fingerprint density at radius 3 is 2.52 bits per heavy atom. The number of anilines is 1. The second-order valence-electron chi connectivity index (χ2n) is 5.66. The van der Waals surface area contributed by atoms with Crippen LogP contribution in [0.4, 0.5) is 5.69 Å². The van der Waals surface area contributed by atoms with Crippen LogP contribution >= 0.6 is 0 Å². The molecule has 0 heterocycles. The van der Waals surface area contributed by atoms with Crippen molar-refractivity contribution in [2.24, 2.45) is 0 Å². The van der Waals surface area contributed by atoms with Gasteiger partial charge in [0.25, 0.3) is 0 Å². The molecule has 0 amide bonds. The van der Waals surface area contributed by atoms with Crippen molar-refractivity contribution < 1.29 is 0 Å². The molecule has 0 aromatic heterocycles. The molecule has 3 rings (SSSR count). The molecule has 1 N–H and O–H groups in total. The van der Waals surface area contributed by atoms with Crippen molar-refractivity contribution in [3.05, 3.63) is 53.6 Å². The smallest absolute Gasteiger partial charge is 0.0343 e. The SMILES string of the molecule is CCN(CC)CCNc1ccc2c(c1)Cc1ccccc1-2. The van der Waals surface area contributed by atoms with Gasteiger partial charge in [0.2, 0.25) is 0 Å². The van der Waals surface area contributed by atoms with Crippen LogP contribution in [0, 0.1) is 0 Å². The van der Waals surface area contributed by atoms with E-state index < -0.39 is 0 Å². The molecule has 0 unspecified atom stereocenters. The van der Waals surface area contributed by atoms with Gasteiger partial charge in [-0.05, 0) is 53.9 Å². The zero-order valence-electron chi connectivity index (χ0n) is 13.0. The van der Waals surface area contributed by atoms with E-state index >= 15 is 0 Å². The van der Waals surface area contributed by atoms with Gasteiger partial charge in [-0.1, -0.05) is 44.2 Å². The molecule has 110 valence electrons. The number of fused-ring (bicyclic) bond motifs is 3. The fourth-order valence-corrected chi connectivity index (χ4v) is 3.15. The van der Waals surface area contributed by atoms with Crippen LogP contribution in [-0.2, 0) is 6.42 Å². The summed E-state index contributed by atoms with van der Waals surface area (Å²) in [6.07, 6.45) is 1.07. The lowest BCUT2D eigenvalue weighted by atomic mass is 10.1. The molecule has 2 nitrogen and oxygen atoms in total. The minimum Gasteiger partial charge on any atom is -0.384 e. The molecule has 0 atom stereocenters. The van der Waals surface area contributed by atoms with Gasteiger partial charge in [-0.15, -0.1) is 0 Å². The third-order valence-corrected chi connectivity index (χ3v) is 4.45. The Bertz CT molecular complexity index is 615. The molecule has 1 aliphatic carbocycles. The molecule has 0 saturated carbocycles. The molecule has 1 aliphatic rings. The first-order valence-corrected chi connectivity index (χ1v) is 7.99. The van der Waals surface area contributed by atoms with Crippen molar-refractivity contribution in [1.82, 2.24) is 4.90 Å². The molecule has 0 bridgehead atoms. The van der Waals surface area contributed by atoms with Gasteiger partial charge in [0.15, 0.2) is 0 Å². The Balaban J connectivity index is 1.67. The minimum absolute atomic E-state index is 1.01. The van der Waals surface area contributed by atoms with E-state index in [9.17, 15) is 0 Å². The van der Waals surface area contributed by atoms with E-state index in [1.807, 2.05) is 0 Å². The van der Waals surface area contributed by atoms with Crippen molar-refractivity contribution in [1.29, 1.82) is 0 Å². The minimum atomic E-state index is 1.01. The number of rotatable bonds is 6. The van der Waals surface area contributed by atoms with E-state index in [2.05, 4.69) is 66.5 Å². The second kappa shape index (κ2) is 6.31. The standard InChI is InChI=1S/C19H24N2/c1-3-21(4-2)12-11-20-17-9-10-19-16(14-17)13-15-7-5-6-8-18(15)19/h5-10,14,20H,3-4,11-13H2,1-2H3. The summed E-state index contributed by atoms with van der Waals surface area (Å²) < 4.78 is 0. The summed E-state index contributed by atoms with van der Waals surface area (Å²) >= 11 is 0. The monoisotopic (exact) mass is 280 g/mol. The normalized spacial score (nSPS) is 12.3. The van der Waals surface area contributed by atoms with Gasteiger partial charge in [0.05, 0.1) is 0 Å². The Hall–Kier alpha value is -1.80. The van der Waals surface area contributed by atoms with Crippen molar-refractivity contribution >= 4 is 5.69 Å². The Labute approximate surface area is 127 Å². The van der Waals surface area contributed by atoms with Gasteiger partial charge in [-0.2, -0.15) is 0 Å². The van der Waals surface area contributed by atoms with Crippen LogP contribution in [0.5, 0.6) is 0 Å². The Morgan fingerprint density at radius 1 is 0.952 bits per heavy atom. The molecular formula is C19H24N2. The second-order valence-corrected chi connectivity index (χ2v) is 5.66. The van der Waals surface area contributed by atoms with Gasteiger partial charge >= 0.3 is 0 Å². The van der Waals surface area contributed by atoms with E-state index in [1.165, 1.54) is 27.9 Å². The molecule has 0 saturated heterocycles. The van der Waals surface area contributed by atoms with E-state index in [-0.39, 0.29) is 0 Å². The van der Waals surface area contributed by atoms with Crippen molar-refractivity contribution in [3.63, 3.8) is 0 Å². The van der Waals surface area contributed by atoms with Gasteiger partial charge in [0, 0.05) is 18.8 Å². The summed E-state index contributed by atoms with van der Waals surface area (Å²) in [6, 6.07) is 15.5. The molecule has 0 radical (unpaired) electrons. The predicted molar refractivity (Wildman–Crippen MR) is 91.0 cm³/mol. The first kappa shape index (κ1) is 14.2. The highest BCUT2D eigenvalue weighted by atomic mass is 15.1. The number of benzene rings is 2. The zero-order valence-corrected chi connectivity index (χ0v) is 13.0. The van der Waals surface area contributed by atoms with Crippen LogP contribution in [-0.4, -0.2) is 31.1 Å². The fourth-order valence-electron chi connectivity index (χ4n) is 3.15. The first-order chi connectivity index (χ1) is 10.3. The largest absolute Gasteiger partial charge is 0.384 e. The van der Waals surface area contributed by atoms with Gasteiger partial charge < -0.3 is 10.2 Å². The highest BCUT2D eigenvalue weighted by molar-refractivity contribution is 5.78. The Kier molecular flexibility index (Phi) is 4.26. The van der Waals surface area contributed by atoms with Crippen molar-refractivity contribution in [2.45, 2.75) is 20.3 Å². The van der Waals surface area contributed by atoms with Gasteiger partial charge in [-0.25, -0.2) is 0 Å². The number of hydrogen-bond acceptors (Lipinski definition) is 2. The van der Waals surface area contributed by atoms with E-state index in [0.717, 1.165) is 32.6 Å². The van der Waals surface area contributed by atoms with Crippen molar-refractivity contribution in [2.75, 3.05) is 31.5 Å². The molecule has 2 aromatic carbocycles. The fraction of sp³-hybridized carbons (Fsp3) is 0.368. The van der Waals surface area contributed by atoms with Crippen LogP contribution in [0.2, 0.25) is 0 Å². The lowest BCUT2D eigenvalue weighted by Gasteiger charge is -2.18. The van der Waals surface area contributed by atoms with E-state index in [0.29, 0.717) is 0 Å². The first-order valence-electron chi connectivity index (χ1n) is 7.99. The van der Waals surface area contributed by atoms with Gasteiger partial charge in [0.1, 0.15) is 0 Å². The summed E-state index contributed by atoms with van der Waals surface area (Å²) in [5.74, 6) is 0. The maximum Gasteiger partial charge on any atom is 0.0343 e. The summed E-state index contributed by atoms with van der Waals surface area (Å²) in [5, 5.41) is 3.56. The maximum absolute atomic E-state index is 3.56. The number of hydrogen-bond donors (Lipinski definition) is 1. The highest BCUT2D eigenvalue weighted by Gasteiger charge is 2.17. The third-order valence-electron chi connectivity index (χ3n) is 4.45. The molecule has 21 heavy (non-hydrogen) atoms. The number of nitrogens with one attached hydrogen (secondary N) is 1. The summed E-state index contributed by atoms with van der Waals surface area (Å²) in [5.41, 5.74) is 6.95. The molecule has 0 fully saturated rings. The highest BCUT2D eigenvalue weighted by Crippen LogP contribution is 2.37. The average Bonchev–Trinajstić information content (AvgIpc) is 2.89. The molecule has 2 heteroatoms. The predicted octanol–water partition coefficient (Wildman–Crippen LogP) is 4.01. The van der Waals surface area contributed by atoms with Crippen LogP contribution in [0.1, 0.15) is 25.0 Å². The number of likely N-dealkylation sites (N-methyl/N-ethyl adjacent to an activating group) is 1. The topological polar surface area (TPSA) is 15.3 Å². The van der Waals surface area contributed by atoms with E-state index in [1.54, 1.807) is 0 Å². The molecule has 2 aromatic rings. The third kappa shape index (κ3) is 2.96. The summed E-state index contributed by atoms with van der Waals surface area (Å²) in [6.45, 7) is 8.79. The molecular weight excluding hydrogens is 256 g/mol. The van der Waals surface area contributed by atoms with E-state index in [4.69, 9.17) is 0 Å². The summed E-state index contributed by atoms with van der Waals surface area (Å²) in [4.78, 5) is 2.44. The van der Waals surface area contributed by atoms with Crippen LogP contribution in [0.15, 0.2) is 42.5 Å². The quantitative estimate of drug-likeness (QED) is 0.734. The zero-order chi connectivity index (χ0) is 14.7.